The molecule has 0 unspecified atom stereocenters. The second-order valence-electron chi connectivity index (χ2n) is 8.88. The molecule has 5 aromatic rings. The van der Waals surface area contributed by atoms with Gasteiger partial charge in [0.1, 0.15) is 4.83 Å². The predicted molar refractivity (Wildman–Crippen MR) is 158 cm³/mol. The maximum absolute atomic E-state index is 13.5. The van der Waals surface area contributed by atoms with Crippen molar-refractivity contribution in [2.75, 3.05) is 35.9 Å². The number of nitrogens with zero attached hydrogens (tertiary/aromatic N) is 4. The first-order valence-electron chi connectivity index (χ1n) is 11.9. The number of hydrogen-bond acceptors (Lipinski definition) is 8. The molecule has 1 aliphatic heterocycles. The Morgan fingerprint density at radius 3 is 2.71 bits per heavy atom. The number of fused-ring (bicyclic) bond motifs is 1. The van der Waals surface area contributed by atoms with Crippen LogP contribution in [-0.4, -0.2) is 54.9 Å². The van der Waals surface area contributed by atoms with Gasteiger partial charge in [-0.15, -0.1) is 11.3 Å². The minimum absolute atomic E-state index is 0.204. The number of thiophene rings is 1. The molecule has 194 valence electrons. The van der Waals surface area contributed by atoms with E-state index in [1.54, 1.807) is 30.5 Å². The first kappa shape index (κ1) is 25.2. The van der Waals surface area contributed by atoms with Gasteiger partial charge in [0.25, 0.3) is 10.0 Å². The molecule has 0 radical (unpaired) electrons. The first-order valence-corrected chi connectivity index (χ1v) is 15.3. The van der Waals surface area contributed by atoms with Crippen molar-refractivity contribution in [2.45, 2.75) is 11.8 Å². The largest absolute Gasteiger partial charge is 0.378 e. The standard InChI is InChI=1S/C26H23IN6O3S2/c1-16-9-22(32-38(34,35)21-4-2-3-19(27)11-21)24-23(25(37-26(24)31-16)18-13-29-30-14-18)17-10-20(15-28-12-17)33-5-7-36-8-6-33/h2-4,9-15H,5-8H2,1H3,(H,29,30)(H,31,32). The molecule has 0 amide bonds. The number of morpholine rings is 1. The van der Waals surface area contributed by atoms with Crippen LogP contribution in [0.25, 0.3) is 31.8 Å². The Labute approximate surface area is 237 Å². The Morgan fingerprint density at radius 1 is 1.11 bits per heavy atom. The lowest BCUT2D eigenvalue weighted by molar-refractivity contribution is 0.122. The van der Waals surface area contributed by atoms with Gasteiger partial charge < -0.3 is 9.64 Å². The predicted octanol–water partition coefficient (Wildman–Crippen LogP) is 5.30. The lowest BCUT2D eigenvalue weighted by Gasteiger charge is -2.28. The number of rotatable bonds is 6. The number of nitrogens with one attached hydrogen (secondary N) is 2. The Kier molecular flexibility index (Phi) is 6.80. The quantitative estimate of drug-likeness (QED) is 0.238. The molecule has 9 nitrogen and oxygen atoms in total. The van der Waals surface area contributed by atoms with Gasteiger partial charge >= 0.3 is 0 Å². The summed E-state index contributed by atoms with van der Waals surface area (Å²) in [4.78, 5) is 13.5. The van der Waals surface area contributed by atoms with E-state index >= 15 is 0 Å². The zero-order valence-corrected chi connectivity index (χ0v) is 24.1. The number of H-pyrrole nitrogens is 1. The number of aryl methyl sites for hydroxylation is 1. The fraction of sp³-hybridized carbons (Fsp3) is 0.192. The summed E-state index contributed by atoms with van der Waals surface area (Å²) in [6.45, 7) is 4.76. The van der Waals surface area contributed by atoms with Gasteiger partial charge in [-0.05, 0) is 59.8 Å². The van der Waals surface area contributed by atoms with E-state index in [9.17, 15) is 8.42 Å². The van der Waals surface area contributed by atoms with Gasteiger partial charge in [-0.2, -0.15) is 5.10 Å². The Hall–Kier alpha value is -3.07. The van der Waals surface area contributed by atoms with Crippen LogP contribution in [0.2, 0.25) is 0 Å². The van der Waals surface area contributed by atoms with Crippen molar-refractivity contribution in [1.82, 2.24) is 20.2 Å². The van der Waals surface area contributed by atoms with Crippen LogP contribution in [0.3, 0.4) is 0 Å². The monoisotopic (exact) mass is 658 g/mol. The van der Waals surface area contributed by atoms with Gasteiger partial charge in [-0.1, -0.05) is 6.07 Å². The molecule has 1 fully saturated rings. The molecular formula is C26H23IN6O3S2. The van der Waals surface area contributed by atoms with E-state index in [0.29, 0.717) is 24.6 Å². The highest BCUT2D eigenvalue weighted by molar-refractivity contribution is 14.1. The molecule has 12 heteroatoms. The Balaban J connectivity index is 1.56. The number of halogens is 1. The zero-order valence-electron chi connectivity index (χ0n) is 20.3. The smallest absolute Gasteiger partial charge is 0.261 e. The van der Waals surface area contributed by atoms with Crippen molar-refractivity contribution in [3.63, 3.8) is 0 Å². The van der Waals surface area contributed by atoms with Crippen molar-refractivity contribution in [3.8, 4) is 21.6 Å². The molecule has 0 bridgehead atoms. The molecule has 1 aromatic carbocycles. The first-order chi connectivity index (χ1) is 18.4. The molecule has 4 aromatic heterocycles. The fourth-order valence-corrected chi connectivity index (χ4v) is 7.66. The van der Waals surface area contributed by atoms with Crippen LogP contribution in [-0.2, 0) is 14.8 Å². The van der Waals surface area contributed by atoms with Crippen molar-refractivity contribution in [3.05, 3.63) is 70.4 Å². The molecule has 6 rings (SSSR count). The average Bonchev–Trinajstić information content (AvgIpc) is 3.57. The van der Waals surface area contributed by atoms with Crippen LogP contribution >= 0.6 is 33.9 Å². The van der Waals surface area contributed by atoms with Crippen LogP contribution in [0.15, 0.2) is 66.1 Å². The summed E-state index contributed by atoms with van der Waals surface area (Å²) in [5.74, 6) is 0. The highest BCUT2D eigenvalue weighted by atomic mass is 127. The van der Waals surface area contributed by atoms with Gasteiger partial charge in [0.2, 0.25) is 0 Å². The van der Waals surface area contributed by atoms with E-state index in [4.69, 9.17) is 9.72 Å². The molecule has 0 aliphatic carbocycles. The number of aromatic amines is 1. The number of benzene rings is 1. The maximum atomic E-state index is 13.5. The number of hydrogen-bond donors (Lipinski definition) is 2. The molecule has 0 spiro atoms. The van der Waals surface area contributed by atoms with Crippen LogP contribution in [0.4, 0.5) is 11.4 Å². The Bertz CT molecular complexity index is 1730. The number of pyridine rings is 2. The maximum Gasteiger partial charge on any atom is 0.261 e. The minimum atomic E-state index is -3.85. The van der Waals surface area contributed by atoms with Gasteiger partial charge in [0.05, 0.1) is 41.9 Å². The lowest BCUT2D eigenvalue weighted by Crippen LogP contribution is -2.36. The third kappa shape index (κ3) is 4.88. The summed E-state index contributed by atoms with van der Waals surface area (Å²) in [5.41, 5.74) is 4.81. The lowest BCUT2D eigenvalue weighted by atomic mass is 10.0. The molecule has 1 saturated heterocycles. The molecule has 38 heavy (non-hydrogen) atoms. The SMILES string of the molecule is Cc1cc(NS(=O)(=O)c2cccc(I)c2)c2c(-c3cncc(N4CCOCC4)c3)c(-c3cn[nH]c3)sc2n1. The second-order valence-corrected chi connectivity index (χ2v) is 12.8. The van der Waals surface area contributed by atoms with E-state index in [-0.39, 0.29) is 4.90 Å². The van der Waals surface area contributed by atoms with E-state index < -0.39 is 10.0 Å². The van der Waals surface area contributed by atoms with Gasteiger partial charge in [-0.3, -0.25) is 14.8 Å². The summed E-state index contributed by atoms with van der Waals surface area (Å²) in [7, 11) is -3.85. The third-order valence-electron chi connectivity index (χ3n) is 6.29. The highest BCUT2D eigenvalue weighted by Crippen LogP contribution is 2.47. The topological polar surface area (TPSA) is 113 Å². The van der Waals surface area contributed by atoms with Crippen LogP contribution in [0.1, 0.15) is 5.69 Å². The average molecular weight is 659 g/mol. The van der Waals surface area contributed by atoms with Crippen molar-refractivity contribution >= 4 is 65.5 Å². The molecule has 5 heterocycles. The second kappa shape index (κ2) is 10.2. The Morgan fingerprint density at radius 2 is 1.95 bits per heavy atom. The molecule has 0 atom stereocenters. The summed E-state index contributed by atoms with van der Waals surface area (Å²) in [5, 5.41) is 7.77. The summed E-state index contributed by atoms with van der Waals surface area (Å²) < 4.78 is 36.2. The summed E-state index contributed by atoms with van der Waals surface area (Å²) in [6, 6.07) is 10.7. The number of aromatic nitrogens is 4. The van der Waals surface area contributed by atoms with Gasteiger partial charge in [-0.25, -0.2) is 13.4 Å². The van der Waals surface area contributed by atoms with E-state index in [0.717, 1.165) is 54.1 Å². The fourth-order valence-electron chi connectivity index (χ4n) is 4.55. The molecule has 0 saturated carbocycles. The van der Waals surface area contributed by atoms with Crippen molar-refractivity contribution < 1.29 is 13.2 Å². The summed E-state index contributed by atoms with van der Waals surface area (Å²) in [6.07, 6.45) is 7.25. The molecule has 2 N–H and O–H groups in total. The van der Waals surface area contributed by atoms with Gasteiger partial charge in [0, 0.05) is 61.7 Å². The molecule has 1 aliphatic rings. The minimum Gasteiger partial charge on any atom is -0.378 e. The van der Waals surface area contributed by atoms with Gasteiger partial charge in [0.15, 0.2) is 0 Å². The normalized spacial score (nSPS) is 14.2. The number of sulfonamides is 1. The summed E-state index contributed by atoms with van der Waals surface area (Å²) >= 11 is 3.61. The van der Waals surface area contributed by atoms with E-state index in [1.165, 1.54) is 11.3 Å². The van der Waals surface area contributed by atoms with E-state index in [1.807, 2.05) is 31.6 Å². The third-order valence-corrected chi connectivity index (χ3v) is 9.46. The van der Waals surface area contributed by atoms with Crippen molar-refractivity contribution in [2.24, 2.45) is 0 Å². The number of anilines is 2. The van der Waals surface area contributed by atoms with E-state index in [2.05, 4.69) is 53.5 Å². The zero-order chi connectivity index (χ0) is 26.3. The molecular weight excluding hydrogens is 635 g/mol. The van der Waals surface area contributed by atoms with Crippen LogP contribution < -0.4 is 9.62 Å². The number of ether oxygens (including phenoxy) is 1. The highest BCUT2D eigenvalue weighted by Gasteiger charge is 2.24. The van der Waals surface area contributed by atoms with Crippen LogP contribution in [0, 0.1) is 10.5 Å². The van der Waals surface area contributed by atoms with Crippen molar-refractivity contribution in [1.29, 1.82) is 0 Å². The van der Waals surface area contributed by atoms with Crippen LogP contribution in [0.5, 0.6) is 0 Å².